The molecule has 2 amide bonds. The molecule has 23 heavy (non-hydrogen) atoms. The molecule has 0 saturated heterocycles. The number of methoxy groups -OCH3 is 1. The molecule has 2 aromatic carbocycles. The van der Waals surface area contributed by atoms with Gasteiger partial charge in [0.05, 0.1) is 24.8 Å². The summed E-state index contributed by atoms with van der Waals surface area (Å²) in [6.45, 7) is 0. The third-order valence-electron chi connectivity index (χ3n) is 3.64. The zero-order valence-electron chi connectivity index (χ0n) is 12.2. The van der Waals surface area contributed by atoms with Crippen LogP contribution in [0.25, 0.3) is 0 Å². The third kappa shape index (κ3) is 2.59. The molecule has 1 aliphatic rings. The summed E-state index contributed by atoms with van der Waals surface area (Å²) in [5, 5.41) is 0. The largest absolute Gasteiger partial charge is 0.465 e. The zero-order valence-corrected chi connectivity index (χ0v) is 12.2. The number of hydrogen-bond donors (Lipinski definition) is 0. The van der Waals surface area contributed by atoms with E-state index < -0.39 is 23.6 Å². The number of anilines is 1. The van der Waals surface area contributed by atoms with Gasteiger partial charge in [-0.3, -0.25) is 9.59 Å². The first kappa shape index (κ1) is 14.9. The molecule has 3 rings (SSSR count). The zero-order chi connectivity index (χ0) is 16.6. The Labute approximate surface area is 131 Å². The first-order chi connectivity index (χ1) is 11.0. The highest BCUT2D eigenvalue weighted by atomic mass is 19.1. The highest BCUT2D eigenvalue weighted by Crippen LogP contribution is 2.26. The molecular formula is C17H12FNO4. The Bertz CT molecular complexity index is 814. The number of benzene rings is 2. The van der Waals surface area contributed by atoms with E-state index in [1.54, 1.807) is 0 Å². The first-order valence-corrected chi connectivity index (χ1v) is 6.85. The lowest BCUT2D eigenvalue weighted by atomic mass is 9.95. The van der Waals surface area contributed by atoms with Crippen LogP contribution in [0.4, 0.5) is 10.1 Å². The van der Waals surface area contributed by atoms with E-state index in [-0.39, 0.29) is 12.0 Å². The van der Waals surface area contributed by atoms with E-state index in [1.165, 1.54) is 49.6 Å². The number of esters is 1. The van der Waals surface area contributed by atoms with E-state index in [4.69, 9.17) is 0 Å². The maximum absolute atomic E-state index is 13.0. The van der Waals surface area contributed by atoms with Gasteiger partial charge in [0.2, 0.25) is 5.91 Å². The number of nitrogens with zero attached hydrogens (tertiary/aromatic N) is 1. The Morgan fingerprint density at radius 1 is 1.13 bits per heavy atom. The van der Waals surface area contributed by atoms with Crippen LogP contribution in [0.5, 0.6) is 0 Å². The number of amides is 2. The number of fused-ring (bicyclic) bond motifs is 1. The SMILES string of the molecule is COC(=O)c1ccc2c(c1)CC(=O)N(c1ccc(F)cc1)C2=O. The van der Waals surface area contributed by atoms with Crippen molar-refractivity contribution < 1.29 is 23.5 Å². The summed E-state index contributed by atoms with van der Waals surface area (Å²) in [6, 6.07) is 9.57. The summed E-state index contributed by atoms with van der Waals surface area (Å²) in [5.41, 5.74) is 1.40. The molecule has 5 nitrogen and oxygen atoms in total. The van der Waals surface area contributed by atoms with E-state index in [2.05, 4.69) is 4.74 Å². The van der Waals surface area contributed by atoms with Crippen molar-refractivity contribution in [2.45, 2.75) is 6.42 Å². The van der Waals surface area contributed by atoms with E-state index in [0.29, 0.717) is 16.8 Å². The molecule has 0 unspecified atom stereocenters. The van der Waals surface area contributed by atoms with Gasteiger partial charge in [0.25, 0.3) is 5.91 Å². The van der Waals surface area contributed by atoms with Gasteiger partial charge in [-0.15, -0.1) is 0 Å². The Hall–Kier alpha value is -3.02. The number of hydrogen-bond acceptors (Lipinski definition) is 4. The number of carbonyl (C=O) groups is 3. The maximum Gasteiger partial charge on any atom is 0.337 e. The Morgan fingerprint density at radius 3 is 2.48 bits per heavy atom. The Balaban J connectivity index is 2.01. The number of ether oxygens (including phenoxy) is 1. The Morgan fingerprint density at radius 2 is 1.83 bits per heavy atom. The van der Waals surface area contributed by atoms with Crippen molar-refractivity contribution in [1.29, 1.82) is 0 Å². The fourth-order valence-electron chi connectivity index (χ4n) is 2.52. The second-order valence-corrected chi connectivity index (χ2v) is 5.05. The molecule has 6 heteroatoms. The smallest absolute Gasteiger partial charge is 0.337 e. The van der Waals surface area contributed by atoms with Crippen LogP contribution in [0.1, 0.15) is 26.3 Å². The van der Waals surface area contributed by atoms with E-state index in [0.717, 1.165) is 4.90 Å². The van der Waals surface area contributed by atoms with Crippen molar-refractivity contribution in [3.05, 3.63) is 65.0 Å². The molecular weight excluding hydrogens is 301 g/mol. The fraction of sp³-hybridized carbons (Fsp3) is 0.118. The maximum atomic E-state index is 13.0. The summed E-state index contributed by atoms with van der Waals surface area (Å²) < 4.78 is 17.6. The van der Waals surface area contributed by atoms with Gasteiger partial charge in [0, 0.05) is 5.56 Å². The van der Waals surface area contributed by atoms with Crippen molar-refractivity contribution in [2.75, 3.05) is 12.0 Å². The minimum absolute atomic E-state index is 0.0245. The van der Waals surface area contributed by atoms with E-state index >= 15 is 0 Å². The van der Waals surface area contributed by atoms with Gasteiger partial charge >= 0.3 is 5.97 Å². The van der Waals surface area contributed by atoms with Gasteiger partial charge in [0.1, 0.15) is 5.82 Å². The van der Waals surface area contributed by atoms with Gasteiger partial charge in [-0.25, -0.2) is 14.1 Å². The molecule has 0 aromatic heterocycles. The number of rotatable bonds is 2. The third-order valence-corrected chi connectivity index (χ3v) is 3.64. The van der Waals surface area contributed by atoms with Crippen LogP contribution in [0, 0.1) is 5.82 Å². The molecule has 1 heterocycles. The molecule has 0 atom stereocenters. The van der Waals surface area contributed by atoms with Crippen LogP contribution in [0.3, 0.4) is 0 Å². The predicted molar refractivity (Wildman–Crippen MR) is 79.7 cm³/mol. The van der Waals surface area contributed by atoms with Crippen LogP contribution < -0.4 is 4.90 Å². The van der Waals surface area contributed by atoms with Gasteiger partial charge < -0.3 is 4.74 Å². The highest BCUT2D eigenvalue weighted by Gasteiger charge is 2.32. The number of carbonyl (C=O) groups excluding carboxylic acids is 3. The van der Waals surface area contributed by atoms with E-state index in [9.17, 15) is 18.8 Å². The normalized spacial score (nSPS) is 13.7. The summed E-state index contributed by atoms with van der Waals surface area (Å²) in [5.74, 6) is -1.92. The molecule has 116 valence electrons. The monoisotopic (exact) mass is 313 g/mol. The topological polar surface area (TPSA) is 63.7 Å². The quantitative estimate of drug-likeness (QED) is 0.630. The molecule has 0 N–H and O–H groups in total. The van der Waals surface area contributed by atoms with Crippen molar-refractivity contribution >= 4 is 23.5 Å². The lowest BCUT2D eigenvalue weighted by Gasteiger charge is -2.27. The average Bonchev–Trinajstić information content (AvgIpc) is 2.55. The fourth-order valence-corrected chi connectivity index (χ4v) is 2.52. The first-order valence-electron chi connectivity index (χ1n) is 6.85. The van der Waals surface area contributed by atoms with Crippen LogP contribution >= 0.6 is 0 Å². The average molecular weight is 313 g/mol. The van der Waals surface area contributed by atoms with Crippen molar-refractivity contribution in [3.8, 4) is 0 Å². The second-order valence-electron chi connectivity index (χ2n) is 5.05. The minimum Gasteiger partial charge on any atom is -0.465 e. The molecule has 0 saturated carbocycles. The lowest BCUT2D eigenvalue weighted by molar-refractivity contribution is -0.117. The highest BCUT2D eigenvalue weighted by molar-refractivity contribution is 6.24. The van der Waals surface area contributed by atoms with Crippen molar-refractivity contribution in [1.82, 2.24) is 0 Å². The Kier molecular flexibility index (Phi) is 3.65. The molecule has 0 radical (unpaired) electrons. The van der Waals surface area contributed by atoms with Gasteiger partial charge in [-0.1, -0.05) is 0 Å². The van der Waals surface area contributed by atoms with Crippen LogP contribution in [0.15, 0.2) is 42.5 Å². The lowest BCUT2D eigenvalue weighted by Crippen LogP contribution is -2.42. The van der Waals surface area contributed by atoms with Crippen LogP contribution in [-0.2, 0) is 16.0 Å². The molecule has 0 bridgehead atoms. The molecule has 0 spiro atoms. The van der Waals surface area contributed by atoms with Crippen molar-refractivity contribution in [2.24, 2.45) is 0 Å². The number of halogens is 1. The van der Waals surface area contributed by atoms with Gasteiger partial charge in [0.15, 0.2) is 0 Å². The summed E-state index contributed by atoms with van der Waals surface area (Å²) in [4.78, 5) is 37.4. The molecule has 1 aliphatic heterocycles. The standard InChI is InChI=1S/C17H12FNO4/c1-23-17(22)10-2-7-14-11(8-10)9-15(20)19(16(14)21)13-5-3-12(18)4-6-13/h2-8H,9H2,1H3. The van der Waals surface area contributed by atoms with Gasteiger partial charge in [-0.2, -0.15) is 0 Å². The van der Waals surface area contributed by atoms with Crippen LogP contribution in [-0.4, -0.2) is 24.9 Å². The molecule has 0 fully saturated rings. The van der Waals surface area contributed by atoms with Crippen molar-refractivity contribution in [3.63, 3.8) is 0 Å². The second kappa shape index (κ2) is 5.64. The number of imide groups is 1. The summed E-state index contributed by atoms with van der Waals surface area (Å²) >= 11 is 0. The minimum atomic E-state index is -0.534. The van der Waals surface area contributed by atoms with E-state index in [1.807, 2.05) is 0 Å². The molecule has 0 aliphatic carbocycles. The molecule has 2 aromatic rings. The summed E-state index contributed by atoms with van der Waals surface area (Å²) in [6.07, 6.45) is -0.0245. The summed E-state index contributed by atoms with van der Waals surface area (Å²) in [7, 11) is 1.26. The van der Waals surface area contributed by atoms with Crippen LogP contribution in [0.2, 0.25) is 0 Å². The van der Waals surface area contributed by atoms with Gasteiger partial charge in [-0.05, 0) is 48.0 Å². The predicted octanol–water partition coefficient (Wildman–Crippen LogP) is 2.34.